The number of nitrogens with zero attached hydrogens (tertiary/aromatic N) is 1. The van der Waals surface area contributed by atoms with Gasteiger partial charge >= 0.3 is 0 Å². The van der Waals surface area contributed by atoms with E-state index in [0.717, 1.165) is 38.2 Å². The number of hydrogen-bond donors (Lipinski definition) is 3. The fraction of sp³-hybridized carbons (Fsp3) is 0.286. The van der Waals surface area contributed by atoms with Crippen LogP contribution in [0.1, 0.15) is 5.56 Å². The molecule has 3 aromatic rings. The summed E-state index contributed by atoms with van der Waals surface area (Å²) >= 11 is 0. The van der Waals surface area contributed by atoms with Crippen LogP contribution in [0.3, 0.4) is 0 Å². The van der Waals surface area contributed by atoms with Crippen LogP contribution < -0.4 is 16.0 Å². The van der Waals surface area contributed by atoms with Crippen molar-refractivity contribution < 1.29 is 0 Å². The molecule has 2 aliphatic rings. The molecule has 4 nitrogen and oxygen atoms in total. The van der Waals surface area contributed by atoms with Crippen molar-refractivity contribution in [2.45, 2.75) is 6.42 Å². The molecule has 1 saturated heterocycles. The van der Waals surface area contributed by atoms with Crippen LogP contribution in [-0.2, 0) is 6.42 Å². The lowest BCUT2D eigenvalue weighted by Crippen LogP contribution is -2.39. The molecule has 3 N–H and O–H groups in total. The maximum atomic E-state index is 4.18. The van der Waals surface area contributed by atoms with Crippen molar-refractivity contribution in [3.63, 3.8) is 0 Å². The Morgan fingerprint density at radius 1 is 0.680 bits per heavy atom. The predicted octanol–water partition coefficient (Wildman–Crippen LogP) is 3.07. The van der Waals surface area contributed by atoms with E-state index in [2.05, 4.69) is 57.3 Å². The largest absolute Gasteiger partial charge is 0.384 e. The molecule has 2 aliphatic heterocycles. The van der Waals surface area contributed by atoms with Crippen LogP contribution in [0.2, 0.25) is 0 Å². The Labute approximate surface area is 149 Å². The molecule has 3 heterocycles. The fourth-order valence-electron chi connectivity index (χ4n) is 2.86. The molecule has 1 aromatic heterocycles. The summed E-state index contributed by atoms with van der Waals surface area (Å²) in [7, 11) is 0. The number of fused-ring (bicyclic) bond motifs is 2. The Morgan fingerprint density at radius 3 is 2.08 bits per heavy atom. The smallest absolute Gasteiger partial charge is 0.0701 e. The van der Waals surface area contributed by atoms with Gasteiger partial charge in [0.25, 0.3) is 0 Å². The maximum Gasteiger partial charge on any atom is 0.0701 e. The normalized spacial score (nSPS) is 15.0. The summed E-state index contributed by atoms with van der Waals surface area (Å²) in [5.41, 5.74) is 3.83. The average Bonchev–Trinajstić information content (AvgIpc) is 3.19. The standard InChI is InChI=1S/C9H7N.C8H9N.C4H10N2/c1-2-6-9-8(4-1)5-3-7-10-9;1-2-4-8-7(3-1)5-6-9-8;1-2-6-4-3-5-1/h1-7H;1-4,9H,5-6H2;5-6H,1-4H2. The van der Waals surface area contributed by atoms with Crippen LogP contribution in [0.5, 0.6) is 0 Å². The highest BCUT2D eigenvalue weighted by atomic mass is 15.0. The minimum atomic E-state index is 1.06. The van der Waals surface area contributed by atoms with Gasteiger partial charge in [0.1, 0.15) is 0 Å². The lowest BCUT2D eigenvalue weighted by Gasteiger charge is -2.11. The molecule has 0 radical (unpaired) electrons. The third kappa shape index (κ3) is 5.55. The summed E-state index contributed by atoms with van der Waals surface area (Å²) in [5.74, 6) is 0. The van der Waals surface area contributed by atoms with Crippen molar-refractivity contribution in [2.75, 3.05) is 38.0 Å². The minimum absolute atomic E-state index is 1.06. The summed E-state index contributed by atoms with van der Waals surface area (Å²) in [6.45, 7) is 5.67. The van der Waals surface area contributed by atoms with E-state index in [1.165, 1.54) is 23.1 Å². The van der Waals surface area contributed by atoms with Gasteiger partial charge in [0.2, 0.25) is 0 Å². The van der Waals surface area contributed by atoms with Gasteiger partial charge in [0.15, 0.2) is 0 Å². The van der Waals surface area contributed by atoms with Crippen LogP contribution in [0.4, 0.5) is 5.69 Å². The zero-order valence-corrected chi connectivity index (χ0v) is 14.5. The highest BCUT2D eigenvalue weighted by Crippen LogP contribution is 2.19. The van der Waals surface area contributed by atoms with Gasteiger partial charge in [-0.05, 0) is 30.2 Å². The van der Waals surface area contributed by atoms with E-state index in [0.29, 0.717) is 0 Å². The Bertz CT molecular complexity index is 668. The summed E-state index contributed by atoms with van der Waals surface area (Å²) < 4.78 is 0. The van der Waals surface area contributed by atoms with E-state index in [1.807, 2.05) is 30.5 Å². The van der Waals surface area contributed by atoms with E-state index in [-0.39, 0.29) is 0 Å². The lowest BCUT2D eigenvalue weighted by molar-refractivity contribution is 0.534. The topological polar surface area (TPSA) is 49.0 Å². The van der Waals surface area contributed by atoms with E-state index >= 15 is 0 Å². The number of benzene rings is 2. The van der Waals surface area contributed by atoms with Gasteiger partial charge in [0, 0.05) is 50.0 Å². The summed E-state index contributed by atoms with van der Waals surface area (Å²) in [5, 5.41) is 10.9. The molecule has 0 saturated carbocycles. The van der Waals surface area contributed by atoms with Crippen LogP contribution >= 0.6 is 0 Å². The quantitative estimate of drug-likeness (QED) is 0.591. The first-order valence-corrected chi connectivity index (χ1v) is 8.96. The molecule has 25 heavy (non-hydrogen) atoms. The number of nitrogens with one attached hydrogen (secondary N) is 3. The van der Waals surface area contributed by atoms with Gasteiger partial charge in [-0.1, -0.05) is 42.5 Å². The number of rotatable bonds is 0. The maximum absolute atomic E-state index is 4.18. The highest BCUT2D eigenvalue weighted by molar-refractivity contribution is 5.77. The first-order valence-electron chi connectivity index (χ1n) is 8.96. The van der Waals surface area contributed by atoms with Crippen LogP contribution in [0, 0.1) is 0 Å². The van der Waals surface area contributed by atoms with Gasteiger partial charge in [0.05, 0.1) is 5.52 Å². The third-order valence-electron chi connectivity index (χ3n) is 4.20. The van der Waals surface area contributed by atoms with Crippen molar-refractivity contribution >= 4 is 16.6 Å². The SMILES string of the molecule is C1CNCCN1.c1ccc2c(c1)CCN2.c1ccc2ncccc2c1. The Hall–Kier alpha value is -2.43. The number of anilines is 1. The van der Waals surface area contributed by atoms with Crippen LogP contribution in [-0.4, -0.2) is 37.7 Å². The predicted molar refractivity (Wildman–Crippen MR) is 106 cm³/mol. The van der Waals surface area contributed by atoms with E-state index in [4.69, 9.17) is 0 Å². The van der Waals surface area contributed by atoms with E-state index in [9.17, 15) is 0 Å². The van der Waals surface area contributed by atoms with E-state index in [1.54, 1.807) is 0 Å². The number of para-hydroxylation sites is 2. The van der Waals surface area contributed by atoms with Gasteiger partial charge in [-0.25, -0.2) is 0 Å². The van der Waals surface area contributed by atoms with Crippen LogP contribution in [0.25, 0.3) is 10.9 Å². The third-order valence-corrected chi connectivity index (χ3v) is 4.20. The van der Waals surface area contributed by atoms with Gasteiger partial charge in [-0.2, -0.15) is 0 Å². The summed E-state index contributed by atoms with van der Waals surface area (Å²) in [6.07, 6.45) is 3.00. The number of piperazine rings is 1. The Morgan fingerprint density at radius 2 is 1.36 bits per heavy atom. The minimum Gasteiger partial charge on any atom is -0.384 e. The van der Waals surface area contributed by atoms with Crippen molar-refractivity contribution in [3.05, 3.63) is 72.4 Å². The molecular formula is C21H26N4. The Balaban J connectivity index is 0.000000113. The fourth-order valence-corrected chi connectivity index (χ4v) is 2.86. The van der Waals surface area contributed by atoms with Gasteiger partial charge in [-0.3, -0.25) is 4.98 Å². The first kappa shape index (κ1) is 17.4. The van der Waals surface area contributed by atoms with Crippen molar-refractivity contribution in [1.82, 2.24) is 15.6 Å². The molecule has 0 unspecified atom stereocenters. The molecular weight excluding hydrogens is 308 g/mol. The van der Waals surface area contributed by atoms with Crippen molar-refractivity contribution in [3.8, 4) is 0 Å². The molecule has 5 rings (SSSR count). The van der Waals surface area contributed by atoms with Crippen LogP contribution in [0.15, 0.2) is 66.9 Å². The molecule has 0 spiro atoms. The average molecular weight is 334 g/mol. The van der Waals surface area contributed by atoms with Gasteiger partial charge in [-0.15, -0.1) is 0 Å². The molecule has 0 aliphatic carbocycles. The zero-order valence-electron chi connectivity index (χ0n) is 14.5. The zero-order chi connectivity index (χ0) is 17.2. The second kappa shape index (κ2) is 9.77. The molecule has 1 fully saturated rings. The van der Waals surface area contributed by atoms with Crippen molar-refractivity contribution in [1.29, 1.82) is 0 Å². The number of aromatic nitrogens is 1. The lowest BCUT2D eigenvalue weighted by atomic mass is 10.2. The number of pyridine rings is 1. The van der Waals surface area contributed by atoms with E-state index < -0.39 is 0 Å². The molecule has 0 bridgehead atoms. The van der Waals surface area contributed by atoms with Gasteiger partial charge < -0.3 is 16.0 Å². The second-order valence-electron chi connectivity index (χ2n) is 6.03. The molecule has 130 valence electrons. The second-order valence-corrected chi connectivity index (χ2v) is 6.03. The molecule has 2 aromatic carbocycles. The summed E-state index contributed by atoms with van der Waals surface area (Å²) in [4.78, 5) is 4.18. The Kier molecular flexibility index (Phi) is 6.80. The molecule has 0 amide bonds. The number of hydrogen-bond acceptors (Lipinski definition) is 4. The first-order chi connectivity index (χ1) is 12.4. The monoisotopic (exact) mass is 334 g/mol. The molecule has 0 atom stereocenters. The molecule has 4 heteroatoms. The van der Waals surface area contributed by atoms with Crippen molar-refractivity contribution in [2.24, 2.45) is 0 Å². The highest BCUT2D eigenvalue weighted by Gasteiger charge is 2.05. The summed E-state index contributed by atoms with van der Waals surface area (Å²) in [6, 6.07) is 20.5.